The molecule has 0 aromatic heterocycles. The van der Waals surface area contributed by atoms with E-state index in [1.807, 2.05) is 0 Å². The van der Waals surface area contributed by atoms with Gasteiger partial charge in [0, 0.05) is 24.6 Å². The molecule has 5 atom stereocenters. The maximum atomic E-state index is 12.7. The molecule has 4 bridgehead atoms. The van der Waals surface area contributed by atoms with E-state index in [0.29, 0.717) is 12.5 Å². The SMILES string of the molecule is Cc1ccc2c3c1OC1C(=O)CCC45OCN(CC[C@]314)C5C2. The first-order valence-corrected chi connectivity index (χ1v) is 8.38. The van der Waals surface area contributed by atoms with Crippen LogP contribution in [0, 0.1) is 6.92 Å². The zero-order valence-corrected chi connectivity index (χ0v) is 12.7. The van der Waals surface area contributed by atoms with Crippen molar-refractivity contribution < 1.29 is 14.3 Å². The number of ether oxygens (including phenoxy) is 2. The van der Waals surface area contributed by atoms with Gasteiger partial charge in [0.25, 0.3) is 0 Å². The Labute approximate surface area is 129 Å². The highest BCUT2D eigenvalue weighted by Crippen LogP contribution is 2.66. The number of carbonyl (C=O) groups is 1. The number of aryl methyl sites for hydroxylation is 1. The van der Waals surface area contributed by atoms with Crippen molar-refractivity contribution in [3.05, 3.63) is 28.8 Å². The molecule has 1 aromatic rings. The Morgan fingerprint density at radius 3 is 3.14 bits per heavy atom. The maximum absolute atomic E-state index is 12.7. The number of nitrogens with zero attached hydrogens (tertiary/aromatic N) is 1. The minimum Gasteiger partial charge on any atom is -0.481 e. The predicted molar refractivity (Wildman–Crippen MR) is 79.0 cm³/mol. The lowest BCUT2D eigenvalue weighted by atomic mass is 9.49. The van der Waals surface area contributed by atoms with Gasteiger partial charge in [0.15, 0.2) is 11.9 Å². The summed E-state index contributed by atoms with van der Waals surface area (Å²) in [6, 6.07) is 4.83. The second kappa shape index (κ2) is 3.41. The molecule has 4 nitrogen and oxygen atoms in total. The largest absolute Gasteiger partial charge is 0.481 e. The predicted octanol–water partition coefficient (Wildman–Crippen LogP) is 1.71. The molecule has 22 heavy (non-hydrogen) atoms. The summed E-state index contributed by atoms with van der Waals surface area (Å²) in [5.74, 6) is 1.26. The second-order valence-corrected chi connectivity index (χ2v) is 7.63. The van der Waals surface area contributed by atoms with E-state index in [2.05, 4.69) is 24.0 Å². The van der Waals surface area contributed by atoms with Crippen molar-refractivity contribution in [2.45, 2.75) is 55.8 Å². The van der Waals surface area contributed by atoms with Gasteiger partial charge in [-0.1, -0.05) is 12.1 Å². The number of hydrogen-bond donors (Lipinski definition) is 0. The average Bonchev–Trinajstić information content (AvgIpc) is 2.97. The Hall–Kier alpha value is -1.39. The number of ketones is 1. The fourth-order valence-corrected chi connectivity index (χ4v) is 6.18. The Morgan fingerprint density at radius 1 is 1.32 bits per heavy atom. The minimum absolute atomic E-state index is 0.199. The van der Waals surface area contributed by atoms with E-state index >= 15 is 0 Å². The van der Waals surface area contributed by atoms with Crippen molar-refractivity contribution >= 4 is 5.78 Å². The lowest BCUT2D eigenvalue weighted by Crippen LogP contribution is -2.73. The third kappa shape index (κ3) is 0.983. The van der Waals surface area contributed by atoms with E-state index < -0.39 is 0 Å². The van der Waals surface area contributed by atoms with Crippen molar-refractivity contribution in [2.75, 3.05) is 13.3 Å². The molecule has 0 amide bonds. The van der Waals surface area contributed by atoms with Crippen molar-refractivity contribution in [3.8, 4) is 5.75 Å². The standard InChI is InChI=1S/C18H19NO3/c1-10-2-3-11-8-13-18-5-4-12(20)16-17(18,14(11)15(10)22-16)6-7-19(13)9-21-18/h2-3,13,16H,4-9H2,1H3/t13?,16?,17-,18?/m0/s1. The Bertz CT molecular complexity index is 744. The molecule has 114 valence electrons. The third-order valence-corrected chi connectivity index (χ3v) is 7.03. The quantitative estimate of drug-likeness (QED) is 0.731. The van der Waals surface area contributed by atoms with E-state index in [1.54, 1.807) is 0 Å². The van der Waals surface area contributed by atoms with Crippen LogP contribution in [0.25, 0.3) is 0 Å². The molecule has 3 heterocycles. The molecule has 4 heteroatoms. The Balaban J connectivity index is 1.75. The van der Waals surface area contributed by atoms with E-state index in [4.69, 9.17) is 9.47 Å². The first-order valence-electron chi connectivity index (χ1n) is 8.38. The maximum Gasteiger partial charge on any atom is 0.174 e. The van der Waals surface area contributed by atoms with Crippen LogP contribution in [0.1, 0.15) is 36.0 Å². The van der Waals surface area contributed by atoms with Crippen molar-refractivity contribution in [2.24, 2.45) is 0 Å². The molecular weight excluding hydrogens is 278 g/mol. The molecule has 0 N–H and O–H groups in total. The van der Waals surface area contributed by atoms with Crippen LogP contribution in [0.2, 0.25) is 0 Å². The number of Topliss-reactive ketones (excluding diaryl/α,β-unsaturated/α-hetero) is 1. The molecule has 1 aromatic carbocycles. The molecule has 3 fully saturated rings. The van der Waals surface area contributed by atoms with E-state index in [0.717, 1.165) is 43.9 Å². The molecule has 6 rings (SSSR count). The third-order valence-electron chi connectivity index (χ3n) is 7.03. The highest BCUT2D eigenvalue weighted by atomic mass is 16.5. The summed E-state index contributed by atoms with van der Waals surface area (Å²) in [6.07, 6.45) is 3.16. The summed E-state index contributed by atoms with van der Waals surface area (Å²) in [5.41, 5.74) is 3.44. The van der Waals surface area contributed by atoms with Crippen LogP contribution in [0.15, 0.2) is 12.1 Å². The Kier molecular flexibility index (Phi) is 1.87. The van der Waals surface area contributed by atoms with Crippen molar-refractivity contribution in [1.82, 2.24) is 4.90 Å². The van der Waals surface area contributed by atoms with Gasteiger partial charge in [-0.15, -0.1) is 0 Å². The fraction of sp³-hybridized carbons (Fsp3) is 0.611. The molecule has 1 saturated carbocycles. The smallest absolute Gasteiger partial charge is 0.174 e. The highest BCUT2D eigenvalue weighted by Gasteiger charge is 2.75. The van der Waals surface area contributed by atoms with Crippen LogP contribution in [0.3, 0.4) is 0 Å². The van der Waals surface area contributed by atoms with Crippen molar-refractivity contribution in [1.29, 1.82) is 0 Å². The molecule has 0 radical (unpaired) electrons. The summed E-state index contributed by atoms with van der Waals surface area (Å²) in [5, 5.41) is 0. The summed E-state index contributed by atoms with van der Waals surface area (Å²) < 4.78 is 12.8. The van der Waals surface area contributed by atoms with Crippen LogP contribution >= 0.6 is 0 Å². The van der Waals surface area contributed by atoms with E-state index in [9.17, 15) is 4.79 Å². The molecular formula is C18H19NO3. The van der Waals surface area contributed by atoms with Gasteiger partial charge in [0.1, 0.15) is 18.1 Å². The molecule has 2 saturated heterocycles. The lowest BCUT2D eigenvalue weighted by molar-refractivity contribution is -0.159. The van der Waals surface area contributed by atoms with Gasteiger partial charge in [0.2, 0.25) is 0 Å². The van der Waals surface area contributed by atoms with Gasteiger partial charge in [-0.3, -0.25) is 9.69 Å². The summed E-state index contributed by atoms with van der Waals surface area (Å²) >= 11 is 0. The van der Waals surface area contributed by atoms with E-state index in [1.165, 1.54) is 11.1 Å². The van der Waals surface area contributed by atoms with Crippen LogP contribution in [-0.2, 0) is 21.4 Å². The monoisotopic (exact) mass is 297 g/mol. The first-order chi connectivity index (χ1) is 10.7. The van der Waals surface area contributed by atoms with Crippen LogP contribution in [-0.4, -0.2) is 41.7 Å². The molecule has 3 aliphatic heterocycles. The summed E-state index contributed by atoms with van der Waals surface area (Å²) in [7, 11) is 0. The number of hydrogen-bond acceptors (Lipinski definition) is 4. The Morgan fingerprint density at radius 2 is 2.23 bits per heavy atom. The zero-order valence-electron chi connectivity index (χ0n) is 12.7. The summed E-state index contributed by atoms with van der Waals surface area (Å²) in [6.45, 7) is 3.83. The van der Waals surface area contributed by atoms with Crippen LogP contribution < -0.4 is 4.74 Å². The van der Waals surface area contributed by atoms with Gasteiger partial charge in [0.05, 0.1) is 5.41 Å². The summed E-state index contributed by atoms with van der Waals surface area (Å²) in [4.78, 5) is 15.2. The van der Waals surface area contributed by atoms with Gasteiger partial charge < -0.3 is 9.47 Å². The lowest BCUT2D eigenvalue weighted by Gasteiger charge is -2.59. The van der Waals surface area contributed by atoms with Gasteiger partial charge in [-0.2, -0.15) is 0 Å². The normalized spacial score (nSPS) is 46.4. The average molecular weight is 297 g/mol. The van der Waals surface area contributed by atoms with Crippen LogP contribution in [0.4, 0.5) is 0 Å². The zero-order chi connectivity index (χ0) is 14.7. The minimum atomic E-state index is -0.320. The molecule has 2 aliphatic carbocycles. The van der Waals surface area contributed by atoms with Gasteiger partial charge in [-0.25, -0.2) is 0 Å². The fourth-order valence-electron chi connectivity index (χ4n) is 6.18. The number of benzene rings is 1. The van der Waals surface area contributed by atoms with Crippen LogP contribution in [0.5, 0.6) is 5.75 Å². The second-order valence-electron chi connectivity index (χ2n) is 7.63. The molecule has 5 aliphatic rings. The van der Waals surface area contributed by atoms with E-state index in [-0.39, 0.29) is 22.9 Å². The van der Waals surface area contributed by atoms with Gasteiger partial charge in [-0.05, 0) is 37.3 Å². The first kappa shape index (κ1) is 12.1. The number of piperidine rings is 1. The number of rotatable bonds is 0. The number of carbonyl (C=O) groups excluding carboxylic acids is 1. The van der Waals surface area contributed by atoms with Crippen molar-refractivity contribution in [3.63, 3.8) is 0 Å². The topological polar surface area (TPSA) is 38.8 Å². The molecule has 4 unspecified atom stereocenters. The molecule has 2 spiro atoms. The highest BCUT2D eigenvalue weighted by molar-refractivity contribution is 5.89. The van der Waals surface area contributed by atoms with Gasteiger partial charge >= 0.3 is 0 Å².